The van der Waals surface area contributed by atoms with Crippen LogP contribution in [0.15, 0.2) is 36.7 Å². The van der Waals surface area contributed by atoms with Gasteiger partial charge < -0.3 is 19.7 Å². The molecule has 2 heterocycles. The fourth-order valence-electron chi connectivity index (χ4n) is 2.57. The molecule has 2 amide bonds. The summed E-state index contributed by atoms with van der Waals surface area (Å²) >= 11 is 0. The summed E-state index contributed by atoms with van der Waals surface area (Å²) in [6.07, 6.45) is 3.70. The number of carbonyl (C=O) groups is 1. The van der Waals surface area contributed by atoms with Gasteiger partial charge in [-0.3, -0.25) is 4.98 Å². The summed E-state index contributed by atoms with van der Waals surface area (Å²) < 4.78 is 10.8. The molecule has 0 saturated carbocycles. The van der Waals surface area contributed by atoms with Crippen LogP contribution in [0.25, 0.3) is 0 Å². The van der Waals surface area contributed by atoms with Crippen LogP contribution in [0.5, 0.6) is 11.8 Å². The number of likely N-dealkylation sites (tertiary alicyclic amines) is 1. The molecule has 1 atom stereocenters. The molecule has 0 bridgehead atoms. The number of para-hydroxylation sites is 1. The van der Waals surface area contributed by atoms with Gasteiger partial charge in [0.2, 0.25) is 11.8 Å². The lowest BCUT2D eigenvalue weighted by Gasteiger charge is -2.18. The molecule has 1 N–H and O–H groups in total. The lowest BCUT2D eigenvalue weighted by atomic mass is 10.2. The third-order valence-corrected chi connectivity index (χ3v) is 3.91. The fraction of sp³-hybridized carbons (Fsp3) is 0.353. The Morgan fingerprint density at radius 2 is 2.08 bits per heavy atom. The Morgan fingerprint density at radius 1 is 1.29 bits per heavy atom. The number of urea groups is 1. The van der Waals surface area contributed by atoms with Crippen LogP contribution in [0.3, 0.4) is 0 Å². The number of anilines is 1. The molecule has 1 aromatic heterocycles. The number of ether oxygens (including phenoxy) is 2. The summed E-state index contributed by atoms with van der Waals surface area (Å²) in [4.78, 5) is 22.3. The van der Waals surface area contributed by atoms with E-state index in [4.69, 9.17) is 9.47 Å². The van der Waals surface area contributed by atoms with E-state index in [1.54, 1.807) is 11.1 Å². The highest BCUT2D eigenvalue weighted by molar-refractivity contribution is 5.90. The van der Waals surface area contributed by atoms with Gasteiger partial charge in [0.15, 0.2) is 0 Å². The molecule has 1 aliphatic rings. The first kappa shape index (κ1) is 16.0. The highest BCUT2D eigenvalue weighted by atomic mass is 16.5. The number of hydrogen-bond donors (Lipinski definition) is 1. The summed E-state index contributed by atoms with van der Waals surface area (Å²) in [6, 6.07) is 7.59. The fourth-order valence-corrected chi connectivity index (χ4v) is 2.57. The molecule has 1 fully saturated rings. The minimum Gasteiger partial charge on any atom is -0.480 e. The highest BCUT2D eigenvalue weighted by Crippen LogP contribution is 2.20. The first-order valence-electron chi connectivity index (χ1n) is 7.80. The van der Waals surface area contributed by atoms with Crippen LogP contribution in [-0.4, -0.2) is 47.2 Å². The number of aryl methyl sites for hydroxylation is 1. The van der Waals surface area contributed by atoms with Crippen LogP contribution in [0.2, 0.25) is 0 Å². The second kappa shape index (κ2) is 7.16. The maximum absolute atomic E-state index is 12.4. The van der Waals surface area contributed by atoms with Gasteiger partial charge in [0.1, 0.15) is 6.10 Å². The third kappa shape index (κ3) is 3.73. The lowest BCUT2D eigenvalue weighted by molar-refractivity contribution is 0.188. The van der Waals surface area contributed by atoms with E-state index in [0.29, 0.717) is 24.8 Å². The van der Waals surface area contributed by atoms with Gasteiger partial charge in [-0.25, -0.2) is 4.79 Å². The normalized spacial score (nSPS) is 16.8. The largest absolute Gasteiger partial charge is 0.480 e. The number of aromatic nitrogens is 2. The van der Waals surface area contributed by atoms with Crippen molar-refractivity contribution in [2.45, 2.75) is 19.4 Å². The van der Waals surface area contributed by atoms with Crippen molar-refractivity contribution in [2.75, 3.05) is 25.5 Å². The molecular weight excluding hydrogens is 308 g/mol. The van der Waals surface area contributed by atoms with Crippen molar-refractivity contribution in [3.05, 3.63) is 42.2 Å². The molecule has 1 unspecified atom stereocenters. The third-order valence-electron chi connectivity index (χ3n) is 3.91. The zero-order valence-corrected chi connectivity index (χ0v) is 13.7. The number of nitrogens with one attached hydrogen (secondary N) is 1. The van der Waals surface area contributed by atoms with Gasteiger partial charge >= 0.3 is 6.03 Å². The van der Waals surface area contributed by atoms with E-state index in [1.165, 1.54) is 13.3 Å². The monoisotopic (exact) mass is 328 g/mol. The van der Waals surface area contributed by atoms with Crippen molar-refractivity contribution < 1.29 is 14.3 Å². The zero-order chi connectivity index (χ0) is 16.9. The minimum absolute atomic E-state index is 0.103. The van der Waals surface area contributed by atoms with Crippen molar-refractivity contribution >= 4 is 11.7 Å². The summed E-state index contributed by atoms with van der Waals surface area (Å²) in [5, 5.41) is 2.94. The highest BCUT2D eigenvalue weighted by Gasteiger charge is 2.28. The molecular formula is C17H20N4O3. The standard InChI is InChI=1S/C17H20N4O3/c1-12-5-3-4-6-14(12)19-17(22)21-8-7-13(11-21)24-16-10-18-9-15(20-16)23-2/h3-6,9-10,13H,7-8,11H2,1-2H3,(H,19,22). The summed E-state index contributed by atoms with van der Waals surface area (Å²) in [5.74, 6) is 0.806. The van der Waals surface area contributed by atoms with E-state index in [1.807, 2.05) is 31.2 Å². The summed E-state index contributed by atoms with van der Waals surface area (Å²) in [7, 11) is 1.53. The molecule has 7 heteroatoms. The van der Waals surface area contributed by atoms with Gasteiger partial charge in [-0.15, -0.1) is 0 Å². The molecule has 1 aliphatic heterocycles. The Labute approximate surface area is 140 Å². The maximum Gasteiger partial charge on any atom is 0.321 e. The van der Waals surface area contributed by atoms with Gasteiger partial charge in [-0.05, 0) is 18.6 Å². The average Bonchev–Trinajstić information content (AvgIpc) is 3.06. The predicted octanol–water partition coefficient (Wildman–Crippen LogP) is 2.48. The number of methoxy groups -OCH3 is 1. The Kier molecular flexibility index (Phi) is 4.79. The first-order valence-corrected chi connectivity index (χ1v) is 7.80. The minimum atomic E-state index is -0.118. The number of nitrogens with zero attached hydrogens (tertiary/aromatic N) is 3. The van der Waals surface area contributed by atoms with Crippen molar-refractivity contribution in [3.63, 3.8) is 0 Å². The predicted molar refractivity (Wildman–Crippen MR) is 89.4 cm³/mol. The zero-order valence-electron chi connectivity index (χ0n) is 13.7. The maximum atomic E-state index is 12.4. The molecule has 1 aromatic carbocycles. The SMILES string of the molecule is COc1cncc(OC2CCN(C(=O)Nc3ccccc3C)C2)n1. The van der Waals surface area contributed by atoms with Gasteiger partial charge in [0.25, 0.3) is 0 Å². The van der Waals surface area contributed by atoms with Crippen LogP contribution in [-0.2, 0) is 0 Å². The molecule has 7 nitrogen and oxygen atoms in total. The molecule has 0 aliphatic carbocycles. The molecule has 0 radical (unpaired) electrons. The Bertz CT molecular complexity index is 722. The van der Waals surface area contributed by atoms with E-state index < -0.39 is 0 Å². The quantitative estimate of drug-likeness (QED) is 0.933. The number of benzene rings is 1. The first-order chi connectivity index (χ1) is 11.7. The van der Waals surface area contributed by atoms with Crippen molar-refractivity contribution in [1.82, 2.24) is 14.9 Å². The van der Waals surface area contributed by atoms with E-state index in [-0.39, 0.29) is 12.1 Å². The number of hydrogen-bond acceptors (Lipinski definition) is 5. The van der Waals surface area contributed by atoms with E-state index in [2.05, 4.69) is 15.3 Å². The summed E-state index contributed by atoms with van der Waals surface area (Å²) in [5.41, 5.74) is 1.86. The smallest absolute Gasteiger partial charge is 0.321 e. The second-order valence-electron chi connectivity index (χ2n) is 5.62. The van der Waals surface area contributed by atoms with Gasteiger partial charge in [0, 0.05) is 18.7 Å². The molecule has 24 heavy (non-hydrogen) atoms. The van der Waals surface area contributed by atoms with E-state index in [9.17, 15) is 4.79 Å². The van der Waals surface area contributed by atoms with Crippen LogP contribution >= 0.6 is 0 Å². The summed E-state index contributed by atoms with van der Waals surface area (Å²) in [6.45, 7) is 3.11. The van der Waals surface area contributed by atoms with Crippen molar-refractivity contribution in [2.24, 2.45) is 0 Å². The Balaban J connectivity index is 1.56. The molecule has 0 spiro atoms. The van der Waals surface area contributed by atoms with Crippen LogP contribution in [0, 0.1) is 6.92 Å². The van der Waals surface area contributed by atoms with Gasteiger partial charge in [-0.2, -0.15) is 4.98 Å². The van der Waals surface area contributed by atoms with Gasteiger partial charge in [0.05, 0.1) is 26.0 Å². The Hall–Kier alpha value is -2.83. The van der Waals surface area contributed by atoms with Crippen LogP contribution < -0.4 is 14.8 Å². The van der Waals surface area contributed by atoms with Crippen LogP contribution in [0.1, 0.15) is 12.0 Å². The van der Waals surface area contributed by atoms with Crippen molar-refractivity contribution in [1.29, 1.82) is 0 Å². The topological polar surface area (TPSA) is 76.6 Å². The molecule has 1 saturated heterocycles. The lowest BCUT2D eigenvalue weighted by Crippen LogP contribution is -2.34. The molecule has 126 valence electrons. The number of carbonyl (C=O) groups excluding carboxylic acids is 1. The Morgan fingerprint density at radius 3 is 2.88 bits per heavy atom. The molecule has 2 aromatic rings. The molecule has 3 rings (SSSR count). The second-order valence-corrected chi connectivity index (χ2v) is 5.62. The number of amides is 2. The van der Waals surface area contributed by atoms with E-state index >= 15 is 0 Å². The van der Waals surface area contributed by atoms with Crippen molar-refractivity contribution in [3.8, 4) is 11.8 Å². The number of rotatable bonds is 4. The van der Waals surface area contributed by atoms with Gasteiger partial charge in [-0.1, -0.05) is 18.2 Å². The van der Waals surface area contributed by atoms with E-state index in [0.717, 1.165) is 17.7 Å². The van der Waals surface area contributed by atoms with Crippen LogP contribution in [0.4, 0.5) is 10.5 Å². The average molecular weight is 328 g/mol.